The third-order valence-electron chi connectivity index (χ3n) is 2.95. The Labute approximate surface area is 121 Å². The maximum Gasteiger partial charge on any atom is 0.213 e. The number of furan rings is 1. The average Bonchev–Trinajstić information content (AvgIpc) is 3.09. The number of halogens is 1. The number of nitrogens with zero attached hydrogens (tertiary/aromatic N) is 3. The molecule has 0 unspecified atom stereocenters. The summed E-state index contributed by atoms with van der Waals surface area (Å²) in [6, 6.07) is 6.65. The summed E-state index contributed by atoms with van der Waals surface area (Å²) in [4.78, 5) is 5.26. The second-order valence-corrected chi connectivity index (χ2v) is 6.20. The van der Waals surface area contributed by atoms with Gasteiger partial charge in [-0.25, -0.2) is 13.9 Å². The second kappa shape index (κ2) is 4.32. The number of hydrogen-bond acceptors (Lipinski definition) is 5. The molecular weight excluding hydrogens is 297 g/mol. The van der Waals surface area contributed by atoms with Crippen molar-refractivity contribution in [2.75, 3.05) is 6.26 Å². The Morgan fingerprint density at radius 1 is 1.40 bits per heavy atom. The summed E-state index contributed by atoms with van der Waals surface area (Å²) in [5, 5.41) is 5.10. The van der Waals surface area contributed by atoms with Crippen LogP contribution in [0.3, 0.4) is 0 Å². The zero-order valence-corrected chi connectivity index (χ0v) is 12.0. The van der Waals surface area contributed by atoms with Gasteiger partial charge in [0.2, 0.25) is 4.96 Å². The van der Waals surface area contributed by atoms with E-state index in [0.717, 1.165) is 14.7 Å². The fourth-order valence-corrected chi connectivity index (χ4v) is 3.38. The number of fused-ring (bicyclic) bond motifs is 2. The minimum Gasteiger partial charge on any atom is -0.451 e. The Morgan fingerprint density at radius 2 is 2.30 bits per heavy atom. The zero-order chi connectivity index (χ0) is 13.7. The van der Waals surface area contributed by atoms with Gasteiger partial charge in [0.05, 0.1) is 6.20 Å². The van der Waals surface area contributed by atoms with Crippen LogP contribution in [0.4, 0.5) is 4.39 Å². The molecular formula is C13H8FN3OS2. The van der Waals surface area contributed by atoms with Gasteiger partial charge in [-0.1, -0.05) is 35.2 Å². The van der Waals surface area contributed by atoms with Crippen molar-refractivity contribution in [1.29, 1.82) is 0 Å². The summed E-state index contributed by atoms with van der Waals surface area (Å²) < 4.78 is 21.9. The van der Waals surface area contributed by atoms with Crippen molar-refractivity contribution in [2.45, 2.75) is 4.34 Å². The van der Waals surface area contributed by atoms with Crippen molar-refractivity contribution >= 4 is 39.0 Å². The van der Waals surface area contributed by atoms with E-state index in [9.17, 15) is 4.39 Å². The van der Waals surface area contributed by atoms with Crippen LogP contribution in [-0.4, -0.2) is 20.9 Å². The molecule has 4 rings (SSSR count). The maximum absolute atomic E-state index is 13.6. The highest BCUT2D eigenvalue weighted by Crippen LogP contribution is 2.30. The molecule has 0 spiro atoms. The van der Waals surface area contributed by atoms with Crippen molar-refractivity contribution in [3.63, 3.8) is 0 Å². The Kier molecular flexibility index (Phi) is 2.58. The number of aromatic nitrogens is 3. The van der Waals surface area contributed by atoms with E-state index >= 15 is 0 Å². The molecule has 0 amide bonds. The summed E-state index contributed by atoms with van der Waals surface area (Å²) >= 11 is 3.09. The van der Waals surface area contributed by atoms with Crippen molar-refractivity contribution in [3.05, 3.63) is 36.3 Å². The first-order valence-corrected chi connectivity index (χ1v) is 7.87. The van der Waals surface area contributed by atoms with Gasteiger partial charge < -0.3 is 4.42 Å². The Bertz CT molecular complexity index is 893. The normalized spacial score (nSPS) is 11.7. The standard InChI is InChI=1S/C13H8FN3OS2/c1-19-13-16-17-6-9(15-12(17)20-13)10-5-7-3-2-4-8(14)11(7)18-10/h2-6H,1H3. The monoisotopic (exact) mass is 305 g/mol. The van der Waals surface area contributed by atoms with Crippen LogP contribution >= 0.6 is 23.1 Å². The van der Waals surface area contributed by atoms with E-state index in [1.165, 1.54) is 17.4 Å². The number of benzene rings is 1. The number of thioether (sulfide) groups is 1. The van der Waals surface area contributed by atoms with Crippen LogP contribution in [0.25, 0.3) is 27.4 Å². The minimum absolute atomic E-state index is 0.261. The lowest BCUT2D eigenvalue weighted by molar-refractivity contribution is 0.568. The predicted molar refractivity (Wildman–Crippen MR) is 77.8 cm³/mol. The fraction of sp³-hybridized carbons (Fsp3) is 0.0769. The Hall–Kier alpha value is -1.86. The number of rotatable bonds is 2. The first-order chi connectivity index (χ1) is 9.74. The highest BCUT2D eigenvalue weighted by Gasteiger charge is 2.14. The van der Waals surface area contributed by atoms with Crippen LogP contribution < -0.4 is 0 Å². The zero-order valence-electron chi connectivity index (χ0n) is 10.3. The highest BCUT2D eigenvalue weighted by atomic mass is 32.2. The van der Waals surface area contributed by atoms with Gasteiger partial charge in [0.15, 0.2) is 21.5 Å². The number of imidazole rings is 1. The molecule has 3 heterocycles. The van der Waals surface area contributed by atoms with E-state index in [0.29, 0.717) is 11.5 Å². The summed E-state index contributed by atoms with van der Waals surface area (Å²) in [5.74, 6) is 0.186. The minimum atomic E-state index is -0.363. The van der Waals surface area contributed by atoms with E-state index < -0.39 is 0 Å². The molecule has 0 N–H and O–H groups in total. The molecule has 0 radical (unpaired) electrons. The van der Waals surface area contributed by atoms with Gasteiger partial charge in [0.1, 0.15) is 5.69 Å². The maximum atomic E-state index is 13.6. The molecule has 0 aliphatic rings. The average molecular weight is 305 g/mol. The molecule has 0 aliphatic carbocycles. The van der Waals surface area contributed by atoms with Gasteiger partial charge in [-0.05, 0) is 18.4 Å². The highest BCUT2D eigenvalue weighted by molar-refractivity contribution is 8.00. The molecule has 4 nitrogen and oxygen atoms in total. The molecule has 0 atom stereocenters. The molecule has 4 aromatic rings. The smallest absolute Gasteiger partial charge is 0.213 e. The third kappa shape index (κ3) is 1.74. The van der Waals surface area contributed by atoms with Crippen LogP contribution in [0.2, 0.25) is 0 Å². The van der Waals surface area contributed by atoms with Gasteiger partial charge in [0, 0.05) is 5.39 Å². The Morgan fingerprint density at radius 3 is 3.05 bits per heavy atom. The van der Waals surface area contributed by atoms with E-state index in [2.05, 4.69) is 10.1 Å². The largest absolute Gasteiger partial charge is 0.451 e. The quantitative estimate of drug-likeness (QED) is 0.524. The predicted octanol–water partition coefficient (Wildman–Crippen LogP) is 4.07. The van der Waals surface area contributed by atoms with Crippen molar-refractivity contribution in [1.82, 2.24) is 14.6 Å². The van der Waals surface area contributed by atoms with Crippen LogP contribution in [0.15, 0.2) is 39.2 Å². The topological polar surface area (TPSA) is 43.3 Å². The lowest BCUT2D eigenvalue weighted by atomic mass is 10.2. The van der Waals surface area contributed by atoms with E-state index in [-0.39, 0.29) is 11.4 Å². The lowest BCUT2D eigenvalue weighted by Crippen LogP contribution is -1.79. The van der Waals surface area contributed by atoms with E-state index in [1.54, 1.807) is 34.6 Å². The van der Waals surface area contributed by atoms with Gasteiger partial charge in [-0.3, -0.25) is 0 Å². The number of hydrogen-bond donors (Lipinski definition) is 0. The first-order valence-electron chi connectivity index (χ1n) is 5.83. The van der Waals surface area contributed by atoms with E-state index in [1.807, 2.05) is 12.3 Å². The number of para-hydroxylation sites is 1. The molecule has 0 bridgehead atoms. The Balaban J connectivity index is 1.87. The van der Waals surface area contributed by atoms with Crippen LogP contribution in [-0.2, 0) is 0 Å². The molecule has 3 aromatic heterocycles. The summed E-state index contributed by atoms with van der Waals surface area (Å²) in [7, 11) is 0. The van der Waals surface area contributed by atoms with Crippen LogP contribution in [0.1, 0.15) is 0 Å². The molecule has 0 saturated heterocycles. The molecule has 20 heavy (non-hydrogen) atoms. The van der Waals surface area contributed by atoms with Gasteiger partial charge >= 0.3 is 0 Å². The van der Waals surface area contributed by atoms with Crippen molar-refractivity contribution < 1.29 is 8.81 Å². The van der Waals surface area contributed by atoms with E-state index in [4.69, 9.17) is 4.42 Å². The molecule has 0 fully saturated rings. The van der Waals surface area contributed by atoms with Crippen LogP contribution in [0.5, 0.6) is 0 Å². The SMILES string of the molecule is CSc1nn2cc(-c3cc4cccc(F)c4o3)nc2s1. The second-order valence-electron chi connectivity index (χ2n) is 4.19. The lowest BCUT2D eigenvalue weighted by Gasteiger charge is -1.89. The summed E-state index contributed by atoms with van der Waals surface area (Å²) in [5.41, 5.74) is 0.920. The van der Waals surface area contributed by atoms with Gasteiger partial charge in [-0.15, -0.1) is 5.10 Å². The molecule has 100 valence electrons. The van der Waals surface area contributed by atoms with Crippen LogP contribution in [0, 0.1) is 5.82 Å². The summed E-state index contributed by atoms with van der Waals surface area (Å²) in [6.07, 6.45) is 3.77. The molecule has 1 aromatic carbocycles. The van der Waals surface area contributed by atoms with Crippen molar-refractivity contribution in [2.24, 2.45) is 0 Å². The van der Waals surface area contributed by atoms with Crippen molar-refractivity contribution in [3.8, 4) is 11.5 Å². The first kappa shape index (κ1) is 11.9. The third-order valence-corrected chi connectivity index (χ3v) is 4.85. The van der Waals surface area contributed by atoms with Gasteiger partial charge in [0.25, 0.3) is 0 Å². The molecule has 7 heteroatoms. The molecule has 0 aliphatic heterocycles. The van der Waals surface area contributed by atoms with Gasteiger partial charge in [-0.2, -0.15) is 0 Å². The molecule has 0 saturated carbocycles. The summed E-state index contributed by atoms with van der Waals surface area (Å²) in [6.45, 7) is 0. The fourth-order valence-electron chi connectivity index (χ4n) is 2.04.